The van der Waals surface area contributed by atoms with Gasteiger partial charge in [0.15, 0.2) is 0 Å². The maximum Gasteiger partial charge on any atom is 0.383 e. The van der Waals surface area contributed by atoms with Crippen LogP contribution >= 0.6 is 11.3 Å². The van der Waals surface area contributed by atoms with Crippen molar-refractivity contribution >= 4 is 28.2 Å². The van der Waals surface area contributed by atoms with E-state index in [0.29, 0.717) is 11.3 Å². The number of hydrogen-bond donors (Lipinski definition) is 2. The zero-order valence-corrected chi connectivity index (χ0v) is 8.73. The second kappa shape index (κ2) is 4.70. The maximum absolute atomic E-state index is 12.5. The first kappa shape index (κ1) is 13.4. The fourth-order valence-electron chi connectivity index (χ4n) is 0.814. The smallest absolute Gasteiger partial charge is 0.383 e. The molecule has 0 radical (unpaired) electrons. The molecule has 0 fully saturated rings. The Hall–Kier alpha value is -1.64. The number of hydrogen-bond acceptors (Lipinski definition) is 3. The van der Waals surface area contributed by atoms with E-state index >= 15 is 0 Å². The molecule has 2 N–H and O–H groups in total. The SMILES string of the molecule is O=C(O)c1ccc(NC(=O)C(F)(F)C(F)F)s1. The third kappa shape index (κ3) is 2.93. The van der Waals surface area contributed by atoms with Gasteiger partial charge in [-0.15, -0.1) is 11.3 Å². The number of carboxylic acid groups (broad SMARTS) is 1. The molecule has 0 unspecified atom stereocenters. The molecule has 1 aromatic heterocycles. The van der Waals surface area contributed by atoms with Crippen molar-refractivity contribution in [2.24, 2.45) is 0 Å². The highest BCUT2D eigenvalue weighted by atomic mass is 32.1. The minimum absolute atomic E-state index is 0.208. The van der Waals surface area contributed by atoms with Crippen molar-refractivity contribution in [1.82, 2.24) is 0 Å². The van der Waals surface area contributed by atoms with Crippen molar-refractivity contribution in [3.05, 3.63) is 17.0 Å². The molecule has 0 saturated heterocycles. The Morgan fingerprint density at radius 2 is 1.94 bits per heavy atom. The van der Waals surface area contributed by atoms with E-state index in [9.17, 15) is 27.2 Å². The molecule has 1 aromatic rings. The zero-order chi connectivity index (χ0) is 13.2. The average molecular weight is 271 g/mol. The molecule has 0 aromatic carbocycles. The molecule has 1 rings (SSSR count). The van der Waals surface area contributed by atoms with Gasteiger partial charge in [-0.25, -0.2) is 13.6 Å². The van der Waals surface area contributed by atoms with Crippen LogP contribution in [0.4, 0.5) is 22.6 Å². The number of carbonyl (C=O) groups excluding carboxylic acids is 1. The Morgan fingerprint density at radius 1 is 1.35 bits per heavy atom. The lowest BCUT2D eigenvalue weighted by Crippen LogP contribution is -2.40. The molecule has 0 aliphatic heterocycles. The number of anilines is 1. The molecule has 0 spiro atoms. The maximum atomic E-state index is 12.5. The summed E-state index contributed by atoms with van der Waals surface area (Å²) in [6, 6.07) is 2.09. The van der Waals surface area contributed by atoms with E-state index in [2.05, 4.69) is 0 Å². The first-order valence-electron chi connectivity index (χ1n) is 4.05. The molecule has 4 nitrogen and oxygen atoms in total. The predicted octanol–water partition coefficient (Wildman–Crippen LogP) is 2.29. The normalized spacial score (nSPS) is 11.6. The molecule has 17 heavy (non-hydrogen) atoms. The highest BCUT2D eigenvalue weighted by Gasteiger charge is 2.49. The van der Waals surface area contributed by atoms with Gasteiger partial charge in [0, 0.05) is 0 Å². The van der Waals surface area contributed by atoms with Crippen LogP contribution in [0.3, 0.4) is 0 Å². The van der Waals surface area contributed by atoms with Gasteiger partial charge >= 0.3 is 24.2 Å². The van der Waals surface area contributed by atoms with Gasteiger partial charge in [-0.3, -0.25) is 4.79 Å². The van der Waals surface area contributed by atoms with Crippen molar-refractivity contribution in [2.75, 3.05) is 5.32 Å². The van der Waals surface area contributed by atoms with Crippen LogP contribution in [0.2, 0.25) is 0 Å². The van der Waals surface area contributed by atoms with E-state index in [1.54, 1.807) is 0 Å². The standard InChI is InChI=1S/C8H5F4NO3S/c9-6(10)8(11,12)7(16)13-4-2-1-3(17-4)5(14)15/h1-2,6H,(H,13,16)(H,14,15). The molecular formula is C8H5F4NO3S. The van der Waals surface area contributed by atoms with Crippen molar-refractivity contribution in [1.29, 1.82) is 0 Å². The minimum atomic E-state index is -4.81. The molecule has 1 amide bonds. The van der Waals surface area contributed by atoms with Crippen LogP contribution < -0.4 is 5.32 Å². The molecular weight excluding hydrogens is 266 g/mol. The average Bonchev–Trinajstić information content (AvgIpc) is 2.65. The van der Waals surface area contributed by atoms with Crippen LogP contribution in [0.15, 0.2) is 12.1 Å². The highest BCUT2D eigenvalue weighted by Crippen LogP contribution is 2.27. The summed E-state index contributed by atoms with van der Waals surface area (Å²) in [4.78, 5) is 21.0. The quantitative estimate of drug-likeness (QED) is 0.826. The number of carbonyl (C=O) groups is 2. The van der Waals surface area contributed by atoms with Gasteiger partial charge in [0.05, 0.1) is 5.00 Å². The molecule has 94 valence electrons. The summed E-state index contributed by atoms with van der Waals surface area (Å²) in [7, 11) is 0. The third-order valence-electron chi connectivity index (χ3n) is 1.63. The van der Waals surface area contributed by atoms with Crippen molar-refractivity contribution in [3.8, 4) is 0 Å². The zero-order valence-electron chi connectivity index (χ0n) is 7.92. The monoisotopic (exact) mass is 271 g/mol. The number of alkyl halides is 4. The number of rotatable bonds is 4. The number of aromatic carboxylic acids is 1. The summed E-state index contributed by atoms with van der Waals surface area (Å²) < 4.78 is 48.6. The lowest BCUT2D eigenvalue weighted by molar-refractivity contribution is -0.163. The molecule has 9 heteroatoms. The van der Waals surface area contributed by atoms with Gasteiger partial charge in [0.1, 0.15) is 4.88 Å². The first-order chi connectivity index (χ1) is 7.75. The molecule has 0 aliphatic carbocycles. The van der Waals surface area contributed by atoms with E-state index in [-0.39, 0.29) is 9.88 Å². The van der Waals surface area contributed by atoms with Crippen LogP contribution in [-0.2, 0) is 4.79 Å². The van der Waals surface area contributed by atoms with Crippen LogP contribution in [0.1, 0.15) is 9.67 Å². The van der Waals surface area contributed by atoms with Crippen LogP contribution in [0.25, 0.3) is 0 Å². The third-order valence-corrected chi connectivity index (χ3v) is 2.62. The second-order valence-electron chi connectivity index (χ2n) is 2.85. The minimum Gasteiger partial charge on any atom is -0.477 e. The summed E-state index contributed by atoms with van der Waals surface area (Å²) in [5, 5.41) is 9.79. The van der Waals surface area contributed by atoms with Crippen molar-refractivity contribution < 1.29 is 32.3 Å². The van der Waals surface area contributed by atoms with Crippen LogP contribution in [0.5, 0.6) is 0 Å². The Balaban J connectivity index is 2.78. The van der Waals surface area contributed by atoms with Crippen LogP contribution in [-0.4, -0.2) is 29.3 Å². The molecule has 0 bridgehead atoms. The summed E-state index contributed by atoms with van der Waals surface area (Å²) >= 11 is 0.487. The van der Waals surface area contributed by atoms with Gasteiger partial charge in [-0.2, -0.15) is 8.78 Å². The number of amides is 1. The largest absolute Gasteiger partial charge is 0.477 e. The number of thiophene rings is 1. The van der Waals surface area contributed by atoms with E-state index < -0.39 is 24.2 Å². The molecule has 0 aliphatic rings. The molecule has 1 heterocycles. The van der Waals surface area contributed by atoms with Crippen LogP contribution in [0, 0.1) is 0 Å². The van der Waals surface area contributed by atoms with Crippen molar-refractivity contribution in [2.45, 2.75) is 12.3 Å². The van der Waals surface area contributed by atoms with Gasteiger partial charge in [-0.05, 0) is 12.1 Å². The van der Waals surface area contributed by atoms with E-state index in [4.69, 9.17) is 5.11 Å². The van der Waals surface area contributed by atoms with Gasteiger partial charge in [-0.1, -0.05) is 0 Å². The summed E-state index contributed by atoms with van der Waals surface area (Å²) in [5.41, 5.74) is 0. The van der Waals surface area contributed by atoms with Gasteiger partial charge < -0.3 is 10.4 Å². The number of halogens is 4. The molecule has 0 saturated carbocycles. The predicted molar refractivity (Wildman–Crippen MR) is 50.9 cm³/mol. The van der Waals surface area contributed by atoms with Crippen molar-refractivity contribution in [3.63, 3.8) is 0 Å². The lowest BCUT2D eigenvalue weighted by atomic mass is 10.3. The molecule has 0 atom stereocenters. The Bertz CT molecular complexity index is 446. The van der Waals surface area contributed by atoms with E-state index in [1.165, 1.54) is 5.32 Å². The van der Waals surface area contributed by atoms with E-state index in [1.807, 2.05) is 0 Å². The fraction of sp³-hybridized carbons (Fsp3) is 0.250. The Kier molecular flexibility index (Phi) is 3.71. The lowest BCUT2D eigenvalue weighted by Gasteiger charge is -2.13. The summed E-state index contributed by atoms with van der Waals surface area (Å²) in [5.74, 6) is -8.30. The summed E-state index contributed by atoms with van der Waals surface area (Å²) in [6.45, 7) is 0. The fourth-order valence-corrected chi connectivity index (χ4v) is 1.55. The van der Waals surface area contributed by atoms with E-state index in [0.717, 1.165) is 12.1 Å². The number of nitrogens with one attached hydrogen (secondary N) is 1. The van der Waals surface area contributed by atoms with Gasteiger partial charge in [0.2, 0.25) is 0 Å². The van der Waals surface area contributed by atoms with Gasteiger partial charge in [0.25, 0.3) is 0 Å². The topological polar surface area (TPSA) is 66.4 Å². The first-order valence-corrected chi connectivity index (χ1v) is 4.87. The second-order valence-corrected chi connectivity index (χ2v) is 3.93. The Morgan fingerprint density at radius 3 is 2.35 bits per heavy atom. The number of carboxylic acids is 1. The Labute approximate surface area is 95.9 Å². The highest BCUT2D eigenvalue weighted by molar-refractivity contribution is 7.18. The summed E-state index contributed by atoms with van der Waals surface area (Å²) in [6.07, 6.45) is -4.12.